The highest BCUT2D eigenvalue weighted by Crippen LogP contribution is 2.35. The van der Waals surface area contributed by atoms with E-state index in [2.05, 4.69) is 15.1 Å². The van der Waals surface area contributed by atoms with Crippen LogP contribution in [0, 0.1) is 0 Å². The Hall–Kier alpha value is -3.02. The maximum Gasteiger partial charge on any atom is 0.524 e. The predicted molar refractivity (Wildman–Crippen MR) is 99.6 cm³/mol. The van der Waals surface area contributed by atoms with Gasteiger partial charge in [-0.25, -0.2) is 4.40 Å². The smallest absolute Gasteiger partial charge is 0.524 e. The Morgan fingerprint density at radius 3 is 2.73 bits per heavy atom. The highest BCUT2D eigenvalue weighted by Gasteiger charge is 2.55. The Kier molecular flexibility index (Phi) is 2.61. The molecule has 6 rings (SSSR count). The number of aromatic nitrogens is 2. The van der Waals surface area contributed by atoms with Crippen molar-refractivity contribution in [2.45, 2.75) is 0 Å². The minimum atomic E-state index is -2.10. The van der Waals surface area contributed by atoms with Crippen molar-refractivity contribution in [3.05, 3.63) is 79.1 Å². The zero-order valence-corrected chi connectivity index (χ0v) is 13.8. The molecule has 5 nitrogen and oxygen atoms in total. The normalized spacial score (nSPS) is 20.0. The van der Waals surface area contributed by atoms with E-state index in [0.29, 0.717) is 0 Å². The van der Waals surface area contributed by atoms with Crippen molar-refractivity contribution in [1.29, 1.82) is 0 Å². The van der Waals surface area contributed by atoms with E-state index >= 15 is 0 Å². The van der Waals surface area contributed by atoms with Crippen LogP contribution in [0.5, 0.6) is 5.75 Å². The van der Waals surface area contributed by atoms with Crippen LogP contribution in [0.25, 0.3) is 16.9 Å². The van der Waals surface area contributed by atoms with Crippen molar-refractivity contribution in [3.8, 4) is 17.0 Å². The molecule has 0 unspecified atom stereocenters. The van der Waals surface area contributed by atoms with Crippen LogP contribution in [0.2, 0.25) is 0 Å². The zero-order valence-electron chi connectivity index (χ0n) is 13.8. The molecule has 0 bridgehead atoms. The summed E-state index contributed by atoms with van der Waals surface area (Å²) in [6.07, 6.45) is 4.08. The van der Waals surface area contributed by atoms with Gasteiger partial charge in [0.05, 0.1) is 17.5 Å². The van der Waals surface area contributed by atoms with Crippen molar-refractivity contribution < 1.29 is 18.7 Å². The van der Waals surface area contributed by atoms with Crippen LogP contribution < -0.4 is 20.1 Å². The number of hydrogen-bond acceptors (Lipinski definition) is 3. The molecular formula is C19H14B2N2O3. The first-order valence-electron chi connectivity index (χ1n) is 8.67. The molecule has 4 heterocycles. The quantitative estimate of drug-likeness (QED) is 0.480. The molecule has 2 aliphatic heterocycles. The van der Waals surface area contributed by atoms with Gasteiger partial charge in [-0.1, -0.05) is 47.9 Å². The second-order valence-electron chi connectivity index (χ2n) is 6.75. The fourth-order valence-corrected chi connectivity index (χ4v) is 4.32. The minimum Gasteiger partial charge on any atom is -0.652 e. The van der Waals surface area contributed by atoms with Gasteiger partial charge in [0.1, 0.15) is 11.9 Å². The van der Waals surface area contributed by atoms with E-state index in [1.54, 1.807) is 0 Å². The fraction of sp³-hybridized carbons (Fsp3) is 0. The number of rotatable bonds is 0. The maximum absolute atomic E-state index is 10.6. The molecule has 0 aliphatic carbocycles. The topological polar surface area (TPSA) is 47.0 Å². The molecule has 7 heteroatoms. The highest BCUT2D eigenvalue weighted by molar-refractivity contribution is 6.91. The molecule has 26 heavy (non-hydrogen) atoms. The second-order valence-corrected chi connectivity index (χ2v) is 6.75. The third kappa shape index (κ3) is 1.62. The number of fused-ring (bicyclic) bond motifs is 8. The van der Waals surface area contributed by atoms with Crippen molar-refractivity contribution in [1.82, 2.24) is 4.40 Å². The van der Waals surface area contributed by atoms with Gasteiger partial charge in [-0.15, -0.1) is 0 Å². The van der Waals surface area contributed by atoms with E-state index < -0.39 is 13.8 Å². The van der Waals surface area contributed by atoms with Crippen molar-refractivity contribution in [2.24, 2.45) is 0 Å². The van der Waals surface area contributed by atoms with Gasteiger partial charge in [-0.05, 0) is 23.7 Å². The van der Waals surface area contributed by atoms with Crippen molar-refractivity contribution >= 4 is 30.4 Å². The van der Waals surface area contributed by atoms with Crippen LogP contribution in [0.15, 0.2) is 79.1 Å². The monoisotopic (exact) mass is 340 g/mol. The number of nitrogens with zero attached hydrogens (tertiary/aromatic N) is 2. The van der Waals surface area contributed by atoms with Crippen LogP contribution in [-0.2, 0) is 4.57 Å². The number of hydrogen-bond donors (Lipinski definition) is 1. The first-order valence-corrected chi connectivity index (χ1v) is 8.67. The molecule has 1 spiro atoms. The molecule has 1 N–H and O–H groups in total. The summed E-state index contributed by atoms with van der Waals surface area (Å²) < 4.78 is 16.8. The van der Waals surface area contributed by atoms with Crippen molar-refractivity contribution in [3.63, 3.8) is 0 Å². The average molecular weight is 340 g/mol. The highest BCUT2D eigenvalue weighted by atomic mass is 16.6. The van der Waals surface area contributed by atoms with Crippen LogP contribution >= 0.6 is 0 Å². The number of benzene rings is 2. The summed E-state index contributed by atoms with van der Waals surface area (Å²) in [5.41, 5.74) is 4.58. The lowest BCUT2D eigenvalue weighted by atomic mass is 9.61. The molecule has 0 fully saturated rings. The molecule has 0 radical (unpaired) electrons. The van der Waals surface area contributed by atoms with Crippen molar-refractivity contribution in [2.75, 3.05) is 0 Å². The molecule has 1 atom stereocenters. The molecule has 2 aromatic carbocycles. The van der Waals surface area contributed by atoms with Gasteiger partial charge in [0.25, 0.3) is 0 Å². The Morgan fingerprint density at radius 1 is 0.962 bits per heavy atom. The fourth-order valence-electron chi connectivity index (χ4n) is 4.32. The molecule has 0 amide bonds. The van der Waals surface area contributed by atoms with E-state index in [9.17, 15) is 5.02 Å². The van der Waals surface area contributed by atoms with Crippen LogP contribution in [0.4, 0.5) is 0 Å². The van der Waals surface area contributed by atoms with Crippen LogP contribution in [0.3, 0.4) is 0 Å². The van der Waals surface area contributed by atoms with Crippen LogP contribution in [0.1, 0.15) is 0 Å². The zero-order chi connectivity index (χ0) is 17.3. The summed E-state index contributed by atoms with van der Waals surface area (Å²) in [5, 5.41) is 10.6. The van der Waals surface area contributed by atoms with E-state index in [-0.39, 0.29) is 0 Å². The number of para-hydroxylation sites is 1. The lowest BCUT2D eigenvalue weighted by Gasteiger charge is -2.40. The van der Waals surface area contributed by atoms with Gasteiger partial charge in [0.2, 0.25) is 5.65 Å². The lowest BCUT2D eigenvalue weighted by molar-refractivity contribution is -0.529. The molecule has 124 valence electrons. The summed E-state index contributed by atoms with van der Waals surface area (Å²) in [5.74, 6) is 0.757. The molecule has 4 aromatic rings. The molecule has 2 aromatic heterocycles. The number of pyridine rings is 1. The molecule has 0 saturated carbocycles. The summed E-state index contributed by atoms with van der Waals surface area (Å²) in [4.78, 5) is 0. The number of imidazole rings is 1. The first kappa shape index (κ1) is 14.2. The van der Waals surface area contributed by atoms with Gasteiger partial charge in [0, 0.05) is 6.07 Å². The first-order chi connectivity index (χ1) is 12.8. The summed E-state index contributed by atoms with van der Waals surface area (Å²) in [6, 6.07) is 21.7. The third-order valence-electron chi connectivity index (χ3n) is 5.39. The standard InChI is InChI=1S/C19H14B2N2O3/c24-20-15-8-2-3-9-16(15)21(26-20)23-17(13-22-12-6-5-11-19(22)23)14-7-1-4-10-18(14)25-21/h1-13,24H/t21-/m0/s1. The lowest BCUT2D eigenvalue weighted by Crippen LogP contribution is -2.78. The molecular weight excluding hydrogens is 326 g/mol. The minimum absolute atomic E-state index is 0.751. The summed E-state index contributed by atoms with van der Waals surface area (Å²) in [7, 11) is -1.02. The predicted octanol–water partition coefficient (Wildman–Crippen LogP) is 0.698. The van der Waals surface area contributed by atoms with Gasteiger partial charge >= 0.3 is 13.8 Å². The Labute approximate surface area is 150 Å². The van der Waals surface area contributed by atoms with E-state index in [4.69, 9.17) is 9.23 Å². The molecule has 0 saturated heterocycles. The third-order valence-corrected chi connectivity index (χ3v) is 5.39. The van der Waals surface area contributed by atoms with E-state index in [0.717, 1.165) is 33.6 Å². The average Bonchev–Trinajstić information content (AvgIpc) is 3.20. The van der Waals surface area contributed by atoms with Gasteiger partial charge in [-0.3, -0.25) is 0 Å². The summed E-state index contributed by atoms with van der Waals surface area (Å²) in [6.45, 7) is -2.10. The largest absolute Gasteiger partial charge is 0.652 e. The Morgan fingerprint density at radius 2 is 1.77 bits per heavy atom. The van der Waals surface area contributed by atoms with Gasteiger partial charge in [-0.2, -0.15) is 0 Å². The van der Waals surface area contributed by atoms with E-state index in [1.165, 1.54) is 0 Å². The second kappa shape index (κ2) is 4.78. The summed E-state index contributed by atoms with van der Waals surface area (Å²) >= 11 is 0. The van der Waals surface area contributed by atoms with E-state index in [1.807, 2.05) is 72.9 Å². The van der Waals surface area contributed by atoms with Crippen LogP contribution in [-0.4, -0.2) is 23.2 Å². The van der Waals surface area contributed by atoms with Gasteiger partial charge < -0.3 is 18.7 Å². The Balaban J connectivity index is 1.77. The maximum atomic E-state index is 10.6. The Bertz CT molecular complexity index is 1190. The SMILES string of the molecule is OB1O[B@@-]2(Oc3ccccc3-c3cn4ccccc4[n+]32)c2ccccc21. The van der Waals surface area contributed by atoms with Gasteiger partial charge in [0.15, 0.2) is 0 Å². The molecule has 2 aliphatic rings.